The molecule has 0 spiro atoms. The molecule has 0 fully saturated rings. The molecule has 2 atom stereocenters. The summed E-state index contributed by atoms with van der Waals surface area (Å²) in [5.41, 5.74) is 1.23. The smallest absolute Gasteiger partial charge is 0.0637 e. The molecule has 0 radical (unpaired) electrons. The van der Waals surface area contributed by atoms with Crippen LogP contribution in [0.15, 0.2) is 24.3 Å². The van der Waals surface area contributed by atoms with Crippen LogP contribution >= 0.6 is 11.6 Å². The molecule has 0 aliphatic heterocycles. The summed E-state index contributed by atoms with van der Waals surface area (Å²) >= 11 is 5.89. The predicted molar refractivity (Wildman–Crippen MR) is 82.9 cm³/mol. The first-order valence-electron chi connectivity index (χ1n) is 6.88. The fraction of sp³-hybridized carbons (Fsp3) is 0.625. The molecule has 0 amide bonds. The lowest BCUT2D eigenvalue weighted by Crippen LogP contribution is -2.40. The maximum atomic E-state index is 5.89. The quantitative estimate of drug-likeness (QED) is 0.815. The Bertz CT molecular complexity index is 375. The van der Waals surface area contributed by atoms with Gasteiger partial charge < -0.3 is 10.1 Å². The summed E-state index contributed by atoms with van der Waals surface area (Å²) in [5, 5.41) is 4.41. The van der Waals surface area contributed by atoms with Gasteiger partial charge in [0.25, 0.3) is 0 Å². The van der Waals surface area contributed by atoms with Crippen LogP contribution in [0.1, 0.15) is 39.7 Å². The van der Waals surface area contributed by atoms with Gasteiger partial charge in [0, 0.05) is 24.2 Å². The zero-order chi connectivity index (χ0) is 14.5. The van der Waals surface area contributed by atoms with Crippen molar-refractivity contribution in [2.75, 3.05) is 7.11 Å². The van der Waals surface area contributed by atoms with Crippen LogP contribution in [0, 0.1) is 0 Å². The van der Waals surface area contributed by atoms with E-state index in [2.05, 4.69) is 45.1 Å². The van der Waals surface area contributed by atoms with E-state index in [1.165, 1.54) is 5.56 Å². The maximum absolute atomic E-state index is 5.89. The Hall–Kier alpha value is -0.570. The van der Waals surface area contributed by atoms with Gasteiger partial charge in [-0.25, -0.2) is 0 Å². The molecule has 0 saturated carbocycles. The summed E-state index contributed by atoms with van der Waals surface area (Å²) in [6.45, 7) is 8.66. The molecule has 2 unspecified atom stereocenters. The fourth-order valence-corrected chi connectivity index (χ4v) is 2.52. The second-order valence-electron chi connectivity index (χ2n) is 5.97. The number of hydrogen-bond donors (Lipinski definition) is 1. The molecule has 1 N–H and O–H groups in total. The maximum Gasteiger partial charge on any atom is 0.0637 e. The molecule has 1 rings (SSSR count). The van der Waals surface area contributed by atoms with E-state index in [1.54, 1.807) is 7.11 Å². The van der Waals surface area contributed by atoms with Crippen molar-refractivity contribution in [3.63, 3.8) is 0 Å². The SMILES string of the molecule is COC(C)(C)CC(C)NC(C)Cc1ccc(Cl)cc1. The van der Waals surface area contributed by atoms with Crippen LogP contribution in [0.5, 0.6) is 0 Å². The highest BCUT2D eigenvalue weighted by Gasteiger charge is 2.20. The summed E-state index contributed by atoms with van der Waals surface area (Å²) in [5.74, 6) is 0. The van der Waals surface area contributed by atoms with E-state index >= 15 is 0 Å². The van der Waals surface area contributed by atoms with E-state index in [0.29, 0.717) is 12.1 Å². The Morgan fingerprint density at radius 2 is 1.74 bits per heavy atom. The van der Waals surface area contributed by atoms with E-state index in [-0.39, 0.29) is 5.60 Å². The van der Waals surface area contributed by atoms with Crippen molar-refractivity contribution in [2.45, 2.75) is 58.2 Å². The summed E-state index contributed by atoms with van der Waals surface area (Å²) in [6.07, 6.45) is 2.00. The van der Waals surface area contributed by atoms with Crippen LogP contribution in [-0.4, -0.2) is 24.8 Å². The van der Waals surface area contributed by atoms with Gasteiger partial charge >= 0.3 is 0 Å². The minimum Gasteiger partial charge on any atom is -0.379 e. The number of hydrogen-bond acceptors (Lipinski definition) is 2. The van der Waals surface area contributed by atoms with E-state index in [1.807, 2.05) is 12.1 Å². The molecule has 0 saturated heterocycles. The van der Waals surface area contributed by atoms with Gasteiger partial charge in [0.05, 0.1) is 5.60 Å². The lowest BCUT2D eigenvalue weighted by atomic mass is 9.98. The average Bonchev–Trinajstić information content (AvgIpc) is 2.31. The van der Waals surface area contributed by atoms with Gasteiger partial charge in [0.2, 0.25) is 0 Å². The zero-order valence-electron chi connectivity index (χ0n) is 12.7. The zero-order valence-corrected chi connectivity index (χ0v) is 13.4. The number of methoxy groups -OCH3 is 1. The molecule has 0 heterocycles. The molecule has 108 valence electrons. The highest BCUT2D eigenvalue weighted by molar-refractivity contribution is 6.30. The van der Waals surface area contributed by atoms with Crippen LogP contribution in [0.25, 0.3) is 0 Å². The van der Waals surface area contributed by atoms with Gasteiger partial charge in [0.1, 0.15) is 0 Å². The second-order valence-corrected chi connectivity index (χ2v) is 6.40. The van der Waals surface area contributed by atoms with Crippen LogP contribution < -0.4 is 5.32 Å². The third-order valence-corrected chi connectivity index (χ3v) is 3.63. The number of benzene rings is 1. The number of ether oxygens (including phenoxy) is 1. The normalized spacial score (nSPS) is 15.3. The Balaban J connectivity index is 2.42. The highest BCUT2D eigenvalue weighted by atomic mass is 35.5. The van der Waals surface area contributed by atoms with Crippen LogP contribution in [0.3, 0.4) is 0 Å². The van der Waals surface area contributed by atoms with Gasteiger partial charge in [-0.05, 0) is 58.2 Å². The van der Waals surface area contributed by atoms with Gasteiger partial charge in [-0.2, -0.15) is 0 Å². The lowest BCUT2D eigenvalue weighted by molar-refractivity contribution is 0.00786. The minimum absolute atomic E-state index is 0.0770. The van der Waals surface area contributed by atoms with Gasteiger partial charge in [-0.3, -0.25) is 0 Å². The lowest BCUT2D eigenvalue weighted by Gasteiger charge is -2.29. The molecule has 1 aromatic carbocycles. The molecule has 0 aliphatic rings. The Morgan fingerprint density at radius 1 is 1.16 bits per heavy atom. The van der Waals surface area contributed by atoms with E-state index in [9.17, 15) is 0 Å². The van der Waals surface area contributed by atoms with Gasteiger partial charge in [-0.15, -0.1) is 0 Å². The van der Waals surface area contributed by atoms with E-state index in [0.717, 1.165) is 17.9 Å². The molecule has 0 aromatic heterocycles. The topological polar surface area (TPSA) is 21.3 Å². The van der Waals surface area contributed by atoms with Crippen LogP contribution in [0.2, 0.25) is 5.02 Å². The van der Waals surface area contributed by atoms with E-state index < -0.39 is 0 Å². The van der Waals surface area contributed by atoms with Crippen LogP contribution in [-0.2, 0) is 11.2 Å². The Morgan fingerprint density at radius 3 is 2.26 bits per heavy atom. The second kappa shape index (κ2) is 7.28. The van der Waals surface area contributed by atoms with Crippen molar-refractivity contribution in [1.29, 1.82) is 0 Å². The van der Waals surface area contributed by atoms with Crippen molar-refractivity contribution >= 4 is 11.6 Å². The monoisotopic (exact) mass is 283 g/mol. The first kappa shape index (κ1) is 16.5. The molecule has 19 heavy (non-hydrogen) atoms. The number of nitrogens with one attached hydrogen (secondary N) is 1. The molecule has 2 nitrogen and oxygen atoms in total. The average molecular weight is 284 g/mol. The number of rotatable bonds is 7. The third kappa shape index (κ3) is 6.42. The van der Waals surface area contributed by atoms with Crippen molar-refractivity contribution in [3.05, 3.63) is 34.9 Å². The summed E-state index contributed by atoms with van der Waals surface area (Å²) in [6, 6.07) is 8.93. The summed E-state index contributed by atoms with van der Waals surface area (Å²) < 4.78 is 5.47. The first-order valence-corrected chi connectivity index (χ1v) is 7.26. The Labute approximate surface area is 122 Å². The van der Waals surface area contributed by atoms with Crippen molar-refractivity contribution < 1.29 is 4.74 Å². The largest absolute Gasteiger partial charge is 0.379 e. The first-order chi connectivity index (χ1) is 8.82. The highest BCUT2D eigenvalue weighted by Crippen LogP contribution is 2.16. The molecule has 3 heteroatoms. The van der Waals surface area contributed by atoms with Crippen molar-refractivity contribution in [1.82, 2.24) is 5.32 Å². The Kier molecular flexibility index (Phi) is 6.31. The van der Waals surface area contributed by atoms with Gasteiger partial charge in [-0.1, -0.05) is 23.7 Å². The van der Waals surface area contributed by atoms with Crippen molar-refractivity contribution in [2.24, 2.45) is 0 Å². The standard InChI is InChI=1S/C16H26ClNO/c1-12(10-14-6-8-15(17)9-7-14)18-13(2)11-16(3,4)19-5/h6-9,12-13,18H,10-11H2,1-5H3. The minimum atomic E-state index is -0.0770. The molecule has 1 aromatic rings. The molecule has 0 aliphatic carbocycles. The van der Waals surface area contributed by atoms with Gasteiger partial charge in [0.15, 0.2) is 0 Å². The van der Waals surface area contributed by atoms with Crippen LogP contribution in [0.4, 0.5) is 0 Å². The summed E-state index contributed by atoms with van der Waals surface area (Å²) in [7, 11) is 1.77. The fourth-order valence-electron chi connectivity index (χ4n) is 2.40. The third-order valence-electron chi connectivity index (χ3n) is 3.37. The van der Waals surface area contributed by atoms with Crippen molar-refractivity contribution in [3.8, 4) is 0 Å². The molecule has 0 bridgehead atoms. The number of halogens is 1. The predicted octanol–water partition coefficient (Wildman–Crippen LogP) is 4.06. The molecular formula is C16H26ClNO. The summed E-state index contributed by atoms with van der Waals surface area (Å²) in [4.78, 5) is 0. The van der Waals surface area contributed by atoms with E-state index in [4.69, 9.17) is 16.3 Å². The molecular weight excluding hydrogens is 258 g/mol.